The summed E-state index contributed by atoms with van der Waals surface area (Å²) in [4.78, 5) is 21.0. The molecule has 0 bridgehead atoms. The number of hydrogen-bond donors (Lipinski definition) is 1. The number of rotatable bonds is 5. The quantitative estimate of drug-likeness (QED) is 0.704. The normalized spacial score (nSPS) is 11.4. The van der Waals surface area contributed by atoms with Crippen molar-refractivity contribution < 1.29 is 13.2 Å². The highest BCUT2D eigenvalue weighted by Crippen LogP contribution is 2.24. The zero-order valence-electron chi connectivity index (χ0n) is 14.7. The Balaban J connectivity index is 1.89. The first kappa shape index (κ1) is 19.1. The molecule has 0 saturated carbocycles. The third kappa shape index (κ3) is 4.17. The van der Waals surface area contributed by atoms with E-state index >= 15 is 0 Å². The van der Waals surface area contributed by atoms with Crippen LogP contribution in [0, 0.1) is 0 Å². The fourth-order valence-electron chi connectivity index (χ4n) is 2.53. The lowest BCUT2D eigenvalue weighted by atomic mass is 10.2. The van der Waals surface area contributed by atoms with E-state index in [1.165, 1.54) is 18.2 Å². The van der Waals surface area contributed by atoms with Gasteiger partial charge in [-0.1, -0.05) is 18.5 Å². The number of hydrogen-bond acceptors (Lipinski definition) is 5. The Hall–Kier alpha value is -2.71. The summed E-state index contributed by atoms with van der Waals surface area (Å²) in [6.07, 6.45) is 4.89. The van der Waals surface area contributed by atoms with E-state index < -0.39 is 15.7 Å². The van der Waals surface area contributed by atoms with Gasteiger partial charge in [-0.05, 0) is 30.3 Å². The molecule has 0 aliphatic rings. The number of aromatic nitrogens is 3. The molecule has 1 N–H and O–H groups in total. The van der Waals surface area contributed by atoms with Crippen LogP contribution in [0.4, 0.5) is 5.69 Å². The Bertz CT molecular complexity index is 1100. The Labute approximate surface area is 162 Å². The largest absolute Gasteiger partial charge is 0.347 e. The van der Waals surface area contributed by atoms with Gasteiger partial charge in [0.05, 0.1) is 21.9 Å². The van der Waals surface area contributed by atoms with Crippen LogP contribution in [0.25, 0.3) is 11.5 Å². The van der Waals surface area contributed by atoms with E-state index in [-0.39, 0.29) is 15.7 Å². The molecular formula is C18H17ClN4O3S. The third-order valence-corrected chi connectivity index (χ3v) is 5.86. The van der Waals surface area contributed by atoms with Gasteiger partial charge in [0.25, 0.3) is 5.91 Å². The van der Waals surface area contributed by atoms with Crippen LogP contribution in [0.1, 0.15) is 17.3 Å². The molecule has 0 spiro atoms. The Morgan fingerprint density at radius 2 is 1.89 bits per heavy atom. The van der Waals surface area contributed by atoms with Crippen molar-refractivity contribution in [1.29, 1.82) is 0 Å². The van der Waals surface area contributed by atoms with Gasteiger partial charge in [0.2, 0.25) is 0 Å². The number of sulfone groups is 1. The van der Waals surface area contributed by atoms with Crippen molar-refractivity contribution in [3.05, 3.63) is 59.5 Å². The molecule has 140 valence electrons. The van der Waals surface area contributed by atoms with Gasteiger partial charge in [-0.15, -0.1) is 0 Å². The summed E-state index contributed by atoms with van der Waals surface area (Å²) in [5.74, 6) is 0.0489. The maximum Gasteiger partial charge on any atom is 0.257 e. The second kappa shape index (κ2) is 7.50. The number of nitrogens with zero attached hydrogens (tertiary/aromatic N) is 3. The fourth-order valence-corrected chi connectivity index (χ4v) is 3.77. The summed E-state index contributed by atoms with van der Waals surface area (Å²) in [5.41, 5.74) is 1.38. The summed E-state index contributed by atoms with van der Waals surface area (Å²) in [5, 5.41) is 2.91. The first-order chi connectivity index (χ1) is 12.8. The number of benzene rings is 1. The van der Waals surface area contributed by atoms with Crippen molar-refractivity contribution in [2.45, 2.75) is 11.8 Å². The minimum Gasteiger partial charge on any atom is -0.347 e. The molecule has 2 heterocycles. The molecule has 0 radical (unpaired) electrons. The summed E-state index contributed by atoms with van der Waals surface area (Å²) in [6.45, 7) is 1.55. The van der Waals surface area contributed by atoms with Gasteiger partial charge >= 0.3 is 0 Å². The van der Waals surface area contributed by atoms with Crippen molar-refractivity contribution >= 4 is 33.0 Å². The average Bonchev–Trinajstić information content (AvgIpc) is 3.04. The third-order valence-electron chi connectivity index (χ3n) is 3.93. The SMILES string of the molecule is CCS(=O)(=O)c1cc(Cl)cc(NC(=O)c2cc(-c3ncccn3)n(C)c2)c1. The molecular weight excluding hydrogens is 388 g/mol. The van der Waals surface area contributed by atoms with Crippen LogP contribution >= 0.6 is 11.6 Å². The lowest BCUT2D eigenvalue weighted by Crippen LogP contribution is -2.12. The predicted molar refractivity (Wildman–Crippen MR) is 104 cm³/mol. The first-order valence-electron chi connectivity index (χ1n) is 8.08. The van der Waals surface area contributed by atoms with Gasteiger partial charge in [0, 0.05) is 36.3 Å². The number of anilines is 1. The number of halogens is 1. The zero-order valence-corrected chi connectivity index (χ0v) is 16.3. The summed E-state index contributed by atoms with van der Waals surface area (Å²) in [7, 11) is -1.65. The monoisotopic (exact) mass is 404 g/mol. The highest BCUT2D eigenvalue weighted by atomic mass is 35.5. The fraction of sp³-hybridized carbons (Fsp3) is 0.167. The predicted octanol–water partition coefficient (Wildman–Crippen LogP) is 3.18. The molecule has 0 fully saturated rings. The van der Waals surface area contributed by atoms with Crippen molar-refractivity contribution in [2.24, 2.45) is 7.05 Å². The molecule has 2 aromatic heterocycles. The van der Waals surface area contributed by atoms with Crippen LogP contribution in [0.3, 0.4) is 0 Å². The molecule has 0 unspecified atom stereocenters. The zero-order chi connectivity index (χ0) is 19.6. The maximum atomic E-state index is 12.6. The maximum absolute atomic E-state index is 12.6. The lowest BCUT2D eigenvalue weighted by molar-refractivity contribution is 0.102. The molecule has 3 aromatic rings. The molecule has 1 aromatic carbocycles. The van der Waals surface area contributed by atoms with Crippen LogP contribution < -0.4 is 5.32 Å². The topological polar surface area (TPSA) is 93.9 Å². The van der Waals surface area contributed by atoms with Gasteiger partial charge in [0.15, 0.2) is 15.7 Å². The van der Waals surface area contributed by atoms with Crippen LogP contribution in [0.15, 0.2) is 53.8 Å². The van der Waals surface area contributed by atoms with E-state index in [0.717, 1.165) is 0 Å². The van der Waals surface area contributed by atoms with Crippen LogP contribution in [-0.2, 0) is 16.9 Å². The Morgan fingerprint density at radius 1 is 1.19 bits per heavy atom. The minimum atomic E-state index is -3.44. The molecule has 3 rings (SSSR count). The van der Waals surface area contributed by atoms with Crippen molar-refractivity contribution in [3.8, 4) is 11.5 Å². The number of aryl methyl sites for hydroxylation is 1. The molecule has 27 heavy (non-hydrogen) atoms. The Morgan fingerprint density at radius 3 is 2.56 bits per heavy atom. The summed E-state index contributed by atoms with van der Waals surface area (Å²) < 4.78 is 25.9. The average molecular weight is 405 g/mol. The Kier molecular flexibility index (Phi) is 5.29. The summed E-state index contributed by atoms with van der Waals surface area (Å²) in [6, 6.07) is 7.63. The summed E-state index contributed by atoms with van der Waals surface area (Å²) >= 11 is 6.02. The van der Waals surface area contributed by atoms with E-state index in [1.54, 1.807) is 49.3 Å². The van der Waals surface area contributed by atoms with Gasteiger partial charge in [0.1, 0.15) is 0 Å². The second-order valence-corrected chi connectivity index (χ2v) is 8.55. The van der Waals surface area contributed by atoms with Crippen LogP contribution in [0.5, 0.6) is 0 Å². The molecule has 0 aliphatic heterocycles. The van der Waals surface area contributed by atoms with E-state index in [4.69, 9.17) is 11.6 Å². The van der Waals surface area contributed by atoms with Crippen molar-refractivity contribution in [3.63, 3.8) is 0 Å². The smallest absolute Gasteiger partial charge is 0.257 e. The van der Waals surface area contributed by atoms with E-state index in [0.29, 0.717) is 22.8 Å². The van der Waals surface area contributed by atoms with Crippen molar-refractivity contribution in [2.75, 3.05) is 11.1 Å². The van der Waals surface area contributed by atoms with E-state index in [1.807, 2.05) is 0 Å². The number of carbonyl (C=O) groups is 1. The standard InChI is InChI=1S/C18H17ClN4O3S/c1-3-27(25,26)15-9-13(19)8-14(10-15)22-18(24)12-7-16(23(2)11-12)17-20-5-4-6-21-17/h4-11H,3H2,1-2H3,(H,22,24). The molecule has 0 saturated heterocycles. The lowest BCUT2D eigenvalue weighted by Gasteiger charge is -2.08. The van der Waals surface area contributed by atoms with Gasteiger partial charge in [-0.25, -0.2) is 18.4 Å². The molecule has 1 amide bonds. The second-order valence-electron chi connectivity index (χ2n) is 5.83. The molecule has 0 aliphatic carbocycles. The molecule has 0 atom stereocenters. The minimum absolute atomic E-state index is 0.0557. The van der Waals surface area contributed by atoms with Crippen molar-refractivity contribution in [1.82, 2.24) is 14.5 Å². The van der Waals surface area contributed by atoms with Gasteiger partial charge in [-0.2, -0.15) is 0 Å². The van der Waals surface area contributed by atoms with E-state index in [9.17, 15) is 13.2 Å². The van der Waals surface area contributed by atoms with E-state index in [2.05, 4.69) is 15.3 Å². The number of amides is 1. The number of carbonyl (C=O) groups excluding carboxylic acids is 1. The first-order valence-corrected chi connectivity index (χ1v) is 10.1. The highest BCUT2D eigenvalue weighted by Gasteiger charge is 2.17. The van der Waals surface area contributed by atoms with Crippen LogP contribution in [0.2, 0.25) is 5.02 Å². The molecule has 7 nitrogen and oxygen atoms in total. The highest BCUT2D eigenvalue weighted by molar-refractivity contribution is 7.91. The molecule has 9 heteroatoms. The van der Waals surface area contributed by atoms with Gasteiger partial charge in [-0.3, -0.25) is 4.79 Å². The number of nitrogens with one attached hydrogen (secondary N) is 1. The van der Waals surface area contributed by atoms with Crippen LogP contribution in [-0.4, -0.2) is 34.6 Å². The van der Waals surface area contributed by atoms with Gasteiger partial charge < -0.3 is 9.88 Å².